The van der Waals surface area contributed by atoms with E-state index >= 15 is 0 Å². The molecule has 0 aliphatic carbocycles. The predicted octanol–water partition coefficient (Wildman–Crippen LogP) is 2.70. The van der Waals surface area contributed by atoms with Gasteiger partial charge in [-0.15, -0.1) is 0 Å². The van der Waals surface area contributed by atoms with Crippen molar-refractivity contribution in [1.82, 2.24) is 10.2 Å². The standard InChI is InChI=1S/C18H27BrN2O4/c1-3-9-25-17-15(19)12-14(13-16(17)23-2)18(22)20-5-4-6-21-7-10-24-11-8-21/h12-13H,3-11H2,1-2H3,(H,20,22). The fourth-order valence-corrected chi connectivity index (χ4v) is 3.18. The van der Waals surface area contributed by atoms with Crippen molar-refractivity contribution in [2.75, 3.05) is 53.1 Å². The fraction of sp³-hybridized carbons (Fsp3) is 0.611. The number of halogens is 1. The van der Waals surface area contributed by atoms with Crippen molar-refractivity contribution in [1.29, 1.82) is 0 Å². The van der Waals surface area contributed by atoms with Gasteiger partial charge in [-0.1, -0.05) is 6.92 Å². The van der Waals surface area contributed by atoms with Crippen molar-refractivity contribution in [3.05, 3.63) is 22.2 Å². The van der Waals surface area contributed by atoms with Gasteiger partial charge in [0, 0.05) is 25.2 Å². The maximum absolute atomic E-state index is 12.4. The number of hydrogen-bond acceptors (Lipinski definition) is 5. The van der Waals surface area contributed by atoms with Crippen LogP contribution in [0.5, 0.6) is 11.5 Å². The normalized spacial score (nSPS) is 15.0. The lowest BCUT2D eigenvalue weighted by atomic mass is 10.2. The molecule has 1 aliphatic rings. The molecule has 0 radical (unpaired) electrons. The van der Waals surface area contributed by atoms with E-state index in [9.17, 15) is 4.79 Å². The number of nitrogens with one attached hydrogen (secondary N) is 1. The van der Waals surface area contributed by atoms with E-state index in [1.54, 1.807) is 19.2 Å². The van der Waals surface area contributed by atoms with Gasteiger partial charge in [0.25, 0.3) is 5.91 Å². The first-order valence-corrected chi connectivity index (χ1v) is 9.53. The molecule has 1 aromatic carbocycles. The van der Waals surface area contributed by atoms with Crippen LogP contribution >= 0.6 is 15.9 Å². The fourth-order valence-electron chi connectivity index (χ4n) is 2.63. The van der Waals surface area contributed by atoms with E-state index in [4.69, 9.17) is 14.2 Å². The summed E-state index contributed by atoms with van der Waals surface area (Å²) < 4.78 is 17.1. The van der Waals surface area contributed by atoms with Gasteiger partial charge >= 0.3 is 0 Å². The molecule has 0 saturated carbocycles. The van der Waals surface area contributed by atoms with E-state index in [0.29, 0.717) is 30.2 Å². The Morgan fingerprint density at radius 3 is 2.80 bits per heavy atom. The van der Waals surface area contributed by atoms with Gasteiger partial charge in [-0.2, -0.15) is 0 Å². The molecule has 1 aliphatic heterocycles. The van der Waals surface area contributed by atoms with Crippen molar-refractivity contribution in [2.45, 2.75) is 19.8 Å². The van der Waals surface area contributed by atoms with Crippen LogP contribution in [0, 0.1) is 0 Å². The zero-order chi connectivity index (χ0) is 18.1. The highest BCUT2D eigenvalue weighted by Gasteiger charge is 2.16. The molecule has 1 aromatic rings. The predicted molar refractivity (Wildman–Crippen MR) is 101 cm³/mol. The van der Waals surface area contributed by atoms with Crippen LogP contribution in [0.1, 0.15) is 30.1 Å². The van der Waals surface area contributed by atoms with Crippen LogP contribution in [0.2, 0.25) is 0 Å². The third-order valence-corrected chi connectivity index (χ3v) is 4.57. The SMILES string of the molecule is CCCOc1c(Br)cc(C(=O)NCCCN2CCOCC2)cc1OC. The molecule has 140 valence electrons. The molecule has 0 aromatic heterocycles. The Labute approximate surface area is 157 Å². The first-order chi connectivity index (χ1) is 12.2. The van der Waals surface area contributed by atoms with Crippen LogP contribution in [0.15, 0.2) is 16.6 Å². The maximum atomic E-state index is 12.4. The number of carbonyl (C=O) groups excluding carboxylic acids is 1. The van der Waals surface area contributed by atoms with Gasteiger partial charge in [-0.05, 0) is 47.4 Å². The van der Waals surface area contributed by atoms with Crippen LogP contribution in [0.3, 0.4) is 0 Å². The summed E-state index contributed by atoms with van der Waals surface area (Å²) in [7, 11) is 1.57. The van der Waals surface area contributed by atoms with Crippen molar-refractivity contribution in [3.8, 4) is 11.5 Å². The Balaban J connectivity index is 1.86. The van der Waals surface area contributed by atoms with Gasteiger partial charge in [0.1, 0.15) is 0 Å². The van der Waals surface area contributed by atoms with E-state index in [1.165, 1.54) is 0 Å². The molecular weight excluding hydrogens is 388 g/mol. The minimum absolute atomic E-state index is 0.108. The number of ether oxygens (including phenoxy) is 3. The summed E-state index contributed by atoms with van der Waals surface area (Å²) >= 11 is 3.47. The highest BCUT2D eigenvalue weighted by molar-refractivity contribution is 9.10. The Morgan fingerprint density at radius 1 is 1.36 bits per heavy atom. The first kappa shape index (κ1) is 20.0. The third kappa shape index (κ3) is 6.17. The molecule has 1 fully saturated rings. The van der Waals surface area contributed by atoms with Crippen molar-refractivity contribution < 1.29 is 19.0 Å². The molecule has 1 amide bonds. The summed E-state index contributed by atoms with van der Waals surface area (Å²) in [6, 6.07) is 3.48. The van der Waals surface area contributed by atoms with E-state index in [2.05, 4.69) is 26.1 Å². The molecule has 6 nitrogen and oxygen atoms in total. The Morgan fingerprint density at radius 2 is 2.12 bits per heavy atom. The lowest BCUT2D eigenvalue weighted by molar-refractivity contribution is 0.0374. The molecule has 0 spiro atoms. The minimum Gasteiger partial charge on any atom is -0.493 e. The van der Waals surface area contributed by atoms with Gasteiger partial charge in [0.15, 0.2) is 11.5 Å². The number of rotatable bonds is 9. The molecule has 0 unspecified atom stereocenters. The molecule has 0 atom stereocenters. The number of carbonyl (C=O) groups is 1. The first-order valence-electron chi connectivity index (χ1n) is 8.74. The second kappa shape index (κ2) is 10.6. The monoisotopic (exact) mass is 414 g/mol. The molecule has 7 heteroatoms. The number of benzene rings is 1. The van der Waals surface area contributed by atoms with Gasteiger partial charge in [-0.25, -0.2) is 0 Å². The second-order valence-electron chi connectivity index (χ2n) is 5.90. The largest absolute Gasteiger partial charge is 0.493 e. The average molecular weight is 415 g/mol. The Kier molecular flexibility index (Phi) is 8.51. The molecular formula is C18H27BrN2O4. The van der Waals surface area contributed by atoms with Gasteiger partial charge in [0.05, 0.1) is 31.4 Å². The zero-order valence-corrected chi connectivity index (χ0v) is 16.6. The third-order valence-electron chi connectivity index (χ3n) is 3.98. The van der Waals surface area contributed by atoms with Crippen LogP contribution in [0.4, 0.5) is 0 Å². The molecule has 2 rings (SSSR count). The van der Waals surface area contributed by atoms with E-state index in [-0.39, 0.29) is 5.91 Å². The second-order valence-corrected chi connectivity index (χ2v) is 6.76. The van der Waals surface area contributed by atoms with Crippen LogP contribution in [-0.2, 0) is 4.74 Å². The topological polar surface area (TPSA) is 60.0 Å². The summed E-state index contributed by atoms with van der Waals surface area (Å²) in [4.78, 5) is 14.7. The van der Waals surface area contributed by atoms with Crippen LogP contribution in [-0.4, -0.2) is 63.9 Å². The number of hydrogen-bond donors (Lipinski definition) is 1. The van der Waals surface area contributed by atoms with Crippen molar-refractivity contribution in [2.24, 2.45) is 0 Å². The Hall–Kier alpha value is -1.31. The molecule has 1 N–H and O–H groups in total. The van der Waals surface area contributed by atoms with E-state index in [0.717, 1.165) is 50.2 Å². The molecule has 0 bridgehead atoms. The molecule has 1 heterocycles. The number of amides is 1. The average Bonchev–Trinajstić information content (AvgIpc) is 2.64. The summed E-state index contributed by atoms with van der Waals surface area (Å²) in [6.07, 6.45) is 1.82. The quantitative estimate of drug-likeness (QED) is 0.629. The minimum atomic E-state index is -0.108. The maximum Gasteiger partial charge on any atom is 0.251 e. The van der Waals surface area contributed by atoms with Gasteiger partial charge in [0.2, 0.25) is 0 Å². The highest BCUT2D eigenvalue weighted by Crippen LogP contribution is 2.36. The number of nitrogens with zero attached hydrogens (tertiary/aromatic N) is 1. The number of methoxy groups -OCH3 is 1. The Bertz CT molecular complexity index is 562. The summed E-state index contributed by atoms with van der Waals surface area (Å²) in [5, 5.41) is 2.97. The smallest absolute Gasteiger partial charge is 0.251 e. The molecule has 1 saturated heterocycles. The highest BCUT2D eigenvalue weighted by atomic mass is 79.9. The summed E-state index contributed by atoms with van der Waals surface area (Å²) in [5.74, 6) is 1.08. The lowest BCUT2D eigenvalue weighted by Gasteiger charge is -2.26. The van der Waals surface area contributed by atoms with Crippen LogP contribution < -0.4 is 14.8 Å². The van der Waals surface area contributed by atoms with Crippen LogP contribution in [0.25, 0.3) is 0 Å². The zero-order valence-electron chi connectivity index (χ0n) is 15.0. The molecule has 25 heavy (non-hydrogen) atoms. The van der Waals surface area contributed by atoms with E-state index < -0.39 is 0 Å². The van der Waals surface area contributed by atoms with Crippen molar-refractivity contribution >= 4 is 21.8 Å². The van der Waals surface area contributed by atoms with Gasteiger partial charge in [-0.3, -0.25) is 9.69 Å². The van der Waals surface area contributed by atoms with Crippen molar-refractivity contribution in [3.63, 3.8) is 0 Å². The number of morpholine rings is 1. The van der Waals surface area contributed by atoms with Gasteiger partial charge < -0.3 is 19.5 Å². The van der Waals surface area contributed by atoms with E-state index in [1.807, 2.05) is 6.92 Å². The lowest BCUT2D eigenvalue weighted by Crippen LogP contribution is -2.38. The summed E-state index contributed by atoms with van der Waals surface area (Å²) in [5.41, 5.74) is 0.555. The summed E-state index contributed by atoms with van der Waals surface area (Å²) in [6.45, 7) is 7.79.